The zero-order valence-electron chi connectivity index (χ0n) is 17.3. The summed E-state index contributed by atoms with van der Waals surface area (Å²) in [4.78, 5) is 12.5. The largest absolute Gasteiger partial charge is 0.493 e. The fourth-order valence-corrected chi connectivity index (χ4v) is 2.86. The Labute approximate surface area is 178 Å². The number of rotatable bonds is 9. The minimum Gasteiger partial charge on any atom is -0.493 e. The molecule has 164 valence electrons. The van der Waals surface area contributed by atoms with Crippen LogP contribution in [0.15, 0.2) is 42.5 Å². The summed E-state index contributed by atoms with van der Waals surface area (Å²) in [7, 11) is 3.00. The van der Waals surface area contributed by atoms with Gasteiger partial charge in [0.25, 0.3) is 5.91 Å². The van der Waals surface area contributed by atoms with Crippen molar-refractivity contribution >= 4 is 5.91 Å². The van der Waals surface area contributed by atoms with Gasteiger partial charge in [0.1, 0.15) is 18.5 Å². The smallest absolute Gasteiger partial charge is 0.273 e. The molecule has 0 radical (unpaired) electrons. The molecule has 31 heavy (non-hydrogen) atoms. The Bertz CT molecular complexity index is 1020. The van der Waals surface area contributed by atoms with E-state index < -0.39 is 12.0 Å². The van der Waals surface area contributed by atoms with Crippen molar-refractivity contribution in [2.45, 2.75) is 13.0 Å². The van der Waals surface area contributed by atoms with E-state index in [1.54, 1.807) is 25.1 Å². The second-order valence-electron chi connectivity index (χ2n) is 6.58. The number of amides is 1. The predicted octanol–water partition coefficient (Wildman–Crippen LogP) is 1.90. The Morgan fingerprint density at radius 2 is 1.81 bits per heavy atom. The van der Waals surface area contributed by atoms with Gasteiger partial charge in [-0.3, -0.25) is 4.79 Å². The third-order valence-electron chi connectivity index (χ3n) is 4.48. The van der Waals surface area contributed by atoms with E-state index in [9.17, 15) is 14.3 Å². The number of aromatic nitrogens is 3. The zero-order valence-corrected chi connectivity index (χ0v) is 17.3. The average molecular weight is 430 g/mol. The second-order valence-corrected chi connectivity index (χ2v) is 6.58. The van der Waals surface area contributed by atoms with Crippen LogP contribution in [-0.4, -0.2) is 59.5 Å². The van der Waals surface area contributed by atoms with E-state index in [0.29, 0.717) is 28.6 Å². The molecule has 9 nitrogen and oxygen atoms in total. The van der Waals surface area contributed by atoms with Crippen molar-refractivity contribution in [1.29, 1.82) is 0 Å². The topological polar surface area (TPSA) is 108 Å². The Morgan fingerprint density at radius 1 is 1.16 bits per heavy atom. The highest BCUT2D eigenvalue weighted by atomic mass is 19.1. The SMILES string of the molecule is COc1cccc(OC)c1OCC(O)CNC(=O)c1nnn(-c2ccc(F)cc2)c1C. The molecule has 0 saturated heterocycles. The number of halogens is 1. The highest BCUT2D eigenvalue weighted by molar-refractivity contribution is 5.93. The van der Waals surface area contributed by atoms with Crippen LogP contribution in [0.5, 0.6) is 17.2 Å². The molecular formula is C21H23FN4O5. The lowest BCUT2D eigenvalue weighted by atomic mass is 10.2. The van der Waals surface area contributed by atoms with Crippen molar-refractivity contribution < 1.29 is 28.5 Å². The van der Waals surface area contributed by atoms with E-state index in [0.717, 1.165) is 0 Å². The molecule has 0 fully saturated rings. The predicted molar refractivity (Wildman–Crippen MR) is 109 cm³/mol. The number of hydrogen-bond acceptors (Lipinski definition) is 7. The molecule has 0 bridgehead atoms. The lowest BCUT2D eigenvalue weighted by molar-refractivity contribution is 0.0829. The van der Waals surface area contributed by atoms with Crippen LogP contribution in [0.1, 0.15) is 16.2 Å². The molecule has 0 spiro atoms. The molecule has 1 atom stereocenters. The molecule has 0 aliphatic rings. The van der Waals surface area contributed by atoms with Gasteiger partial charge in [0.15, 0.2) is 17.2 Å². The average Bonchev–Trinajstić information content (AvgIpc) is 3.17. The van der Waals surface area contributed by atoms with Gasteiger partial charge in [0.05, 0.1) is 25.6 Å². The van der Waals surface area contributed by atoms with Gasteiger partial charge in [-0.05, 0) is 43.3 Å². The number of hydrogen-bond donors (Lipinski definition) is 2. The Morgan fingerprint density at radius 3 is 2.42 bits per heavy atom. The number of aliphatic hydroxyl groups is 1. The molecular weight excluding hydrogens is 407 g/mol. The first-order valence-electron chi connectivity index (χ1n) is 9.43. The number of benzene rings is 2. The minimum atomic E-state index is -0.994. The van der Waals surface area contributed by atoms with Gasteiger partial charge in [-0.1, -0.05) is 11.3 Å². The van der Waals surface area contributed by atoms with Crippen LogP contribution in [0.3, 0.4) is 0 Å². The number of methoxy groups -OCH3 is 2. The van der Waals surface area contributed by atoms with E-state index in [1.807, 2.05) is 0 Å². The van der Waals surface area contributed by atoms with Gasteiger partial charge in [0, 0.05) is 6.54 Å². The number of ether oxygens (including phenoxy) is 3. The maximum atomic E-state index is 13.1. The molecule has 3 rings (SSSR count). The Kier molecular flexibility index (Phi) is 7.03. The molecule has 2 N–H and O–H groups in total. The van der Waals surface area contributed by atoms with Crippen LogP contribution in [-0.2, 0) is 0 Å². The lowest BCUT2D eigenvalue weighted by Crippen LogP contribution is -2.35. The number of aliphatic hydroxyl groups excluding tert-OH is 1. The van der Waals surface area contributed by atoms with Crippen molar-refractivity contribution in [2.24, 2.45) is 0 Å². The molecule has 0 aliphatic carbocycles. The first-order chi connectivity index (χ1) is 14.9. The summed E-state index contributed by atoms with van der Waals surface area (Å²) < 4.78 is 30.7. The highest BCUT2D eigenvalue weighted by Gasteiger charge is 2.19. The number of carbonyl (C=O) groups excluding carboxylic acids is 1. The van der Waals surface area contributed by atoms with Crippen molar-refractivity contribution in [3.63, 3.8) is 0 Å². The lowest BCUT2D eigenvalue weighted by Gasteiger charge is -2.17. The van der Waals surface area contributed by atoms with E-state index in [-0.39, 0.29) is 24.7 Å². The minimum absolute atomic E-state index is 0.0703. The molecule has 1 amide bonds. The number of nitrogens with zero attached hydrogens (tertiary/aromatic N) is 3. The summed E-state index contributed by atoms with van der Waals surface area (Å²) in [6.07, 6.45) is -0.994. The fourth-order valence-electron chi connectivity index (χ4n) is 2.86. The van der Waals surface area contributed by atoms with Crippen LogP contribution >= 0.6 is 0 Å². The Balaban J connectivity index is 1.58. The van der Waals surface area contributed by atoms with Gasteiger partial charge in [0.2, 0.25) is 5.75 Å². The van der Waals surface area contributed by atoms with Crippen LogP contribution in [0, 0.1) is 12.7 Å². The molecule has 1 heterocycles. The zero-order chi connectivity index (χ0) is 22.4. The summed E-state index contributed by atoms with van der Waals surface area (Å²) in [5.41, 5.74) is 1.15. The number of carbonyl (C=O) groups is 1. The summed E-state index contributed by atoms with van der Waals surface area (Å²) in [5.74, 6) is 0.407. The summed E-state index contributed by atoms with van der Waals surface area (Å²) >= 11 is 0. The highest BCUT2D eigenvalue weighted by Crippen LogP contribution is 2.36. The van der Waals surface area contributed by atoms with E-state index in [1.165, 1.54) is 43.2 Å². The van der Waals surface area contributed by atoms with Crippen molar-refractivity contribution in [3.05, 3.63) is 59.7 Å². The van der Waals surface area contributed by atoms with Crippen LogP contribution in [0.4, 0.5) is 4.39 Å². The van der Waals surface area contributed by atoms with Crippen LogP contribution in [0.25, 0.3) is 5.69 Å². The third-order valence-corrected chi connectivity index (χ3v) is 4.48. The maximum absolute atomic E-state index is 13.1. The molecule has 1 unspecified atom stereocenters. The Hall–Kier alpha value is -3.66. The quantitative estimate of drug-likeness (QED) is 0.534. The van der Waals surface area contributed by atoms with Crippen molar-refractivity contribution in [1.82, 2.24) is 20.3 Å². The number of para-hydroxylation sites is 1. The molecule has 0 saturated carbocycles. The first-order valence-corrected chi connectivity index (χ1v) is 9.43. The first kappa shape index (κ1) is 22.0. The molecule has 2 aromatic carbocycles. The normalized spacial score (nSPS) is 11.6. The van der Waals surface area contributed by atoms with Gasteiger partial charge in [-0.2, -0.15) is 0 Å². The molecule has 0 aliphatic heterocycles. The number of nitrogens with one attached hydrogen (secondary N) is 1. The summed E-state index contributed by atoms with van der Waals surface area (Å²) in [5, 5.41) is 20.7. The molecule has 1 aromatic heterocycles. The van der Waals surface area contributed by atoms with Gasteiger partial charge < -0.3 is 24.6 Å². The standard InChI is InChI=1S/C21H23FN4O5/c1-13-19(24-25-26(13)15-9-7-14(22)8-10-15)21(28)23-11-16(27)12-31-20-17(29-2)5-4-6-18(20)30-3/h4-10,16,27H,11-12H2,1-3H3,(H,23,28). The third kappa shape index (κ3) is 5.10. The summed E-state index contributed by atoms with van der Waals surface area (Å²) in [6, 6.07) is 10.8. The van der Waals surface area contributed by atoms with Crippen LogP contribution < -0.4 is 19.5 Å². The maximum Gasteiger partial charge on any atom is 0.273 e. The summed E-state index contributed by atoms with van der Waals surface area (Å²) in [6.45, 7) is 1.50. The van der Waals surface area contributed by atoms with Crippen molar-refractivity contribution in [2.75, 3.05) is 27.4 Å². The fraction of sp³-hybridized carbons (Fsp3) is 0.286. The monoisotopic (exact) mass is 430 g/mol. The molecule has 10 heteroatoms. The van der Waals surface area contributed by atoms with E-state index in [4.69, 9.17) is 14.2 Å². The van der Waals surface area contributed by atoms with Gasteiger partial charge in [-0.25, -0.2) is 9.07 Å². The van der Waals surface area contributed by atoms with Gasteiger partial charge in [-0.15, -0.1) is 5.10 Å². The second kappa shape index (κ2) is 9.90. The van der Waals surface area contributed by atoms with Crippen molar-refractivity contribution in [3.8, 4) is 22.9 Å². The van der Waals surface area contributed by atoms with E-state index >= 15 is 0 Å². The molecule has 3 aromatic rings. The van der Waals surface area contributed by atoms with Crippen LogP contribution in [0.2, 0.25) is 0 Å². The van der Waals surface area contributed by atoms with E-state index in [2.05, 4.69) is 15.6 Å². The van der Waals surface area contributed by atoms with Gasteiger partial charge >= 0.3 is 0 Å².